The Bertz CT molecular complexity index is 1230. The van der Waals surface area contributed by atoms with E-state index in [4.69, 9.17) is 11.6 Å². The van der Waals surface area contributed by atoms with E-state index in [1.807, 2.05) is 84.7 Å². The van der Waals surface area contributed by atoms with Crippen LogP contribution in [0, 0.1) is 0 Å². The first kappa shape index (κ1) is 21.2. The fourth-order valence-corrected chi connectivity index (χ4v) is 3.93. The van der Waals surface area contributed by atoms with Gasteiger partial charge in [-0.15, -0.1) is 0 Å². The lowest BCUT2D eigenvalue weighted by Crippen LogP contribution is -2.31. The zero-order valence-electron chi connectivity index (χ0n) is 17.3. The molecule has 5 nitrogen and oxygen atoms in total. The van der Waals surface area contributed by atoms with Gasteiger partial charge in [0.15, 0.2) is 0 Å². The van der Waals surface area contributed by atoms with Gasteiger partial charge in [0.1, 0.15) is 0 Å². The van der Waals surface area contributed by atoms with Crippen molar-refractivity contribution in [2.45, 2.75) is 19.2 Å². The first-order valence-corrected chi connectivity index (χ1v) is 10.5. The van der Waals surface area contributed by atoms with Gasteiger partial charge < -0.3 is 9.67 Å². The second kappa shape index (κ2) is 9.43. The van der Waals surface area contributed by atoms with E-state index in [1.54, 1.807) is 10.8 Å². The molecule has 0 bridgehead atoms. The normalized spacial score (nSPS) is 12.4. The molecular formula is C25H24ClN3O2. The number of aliphatic hydroxyl groups is 1. The third kappa shape index (κ3) is 5.02. The van der Waals surface area contributed by atoms with Gasteiger partial charge in [-0.3, -0.25) is 14.7 Å². The summed E-state index contributed by atoms with van der Waals surface area (Å²) in [6.45, 7) is 1.20. The zero-order valence-corrected chi connectivity index (χ0v) is 18.0. The molecule has 0 aliphatic rings. The van der Waals surface area contributed by atoms with Gasteiger partial charge in [-0.2, -0.15) is 0 Å². The predicted octanol–water partition coefficient (Wildman–Crippen LogP) is 4.26. The molecule has 158 valence electrons. The van der Waals surface area contributed by atoms with Crippen molar-refractivity contribution >= 4 is 22.5 Å². The maximum Gasteiger partial charge on any atom is 0.255 e. The highest BCUT2D eigenvalue weighted by Gasteiger charge is 2.15. The zero-order chi connectivity index (χ0) is 21.8. The molecule has 4 aromatic rings. The van der Waals surface area contributed by atoms with E-state index in [2.05, 4.69) is 4.98 Å². The topological polar surface area (TPSA) is 58.4 Å². The molecule has 0 amide bonds. The van der Waals surface area contributed by atoms with E-state index in [0.29, 0.717) is 30.2 Å². The monoisotopic (exact) mass is 433 g/mol. The molecule has 1 atom stereocenters. The molecule has 4 rings (SSSR count). The fraction of sp³-hybridized carbons (Fsp3) is 0.200. The molecule has 2 aromatic heterocycles. The van der Waals surface area contributed by atoms with Crippen molar-refractivity contribution < 1.29 is 5.11 Å². The number of halogens is 1. The summed E-state index contributed by atoms with van der Waals surface area (Å²) in [7, 11) is 1.90. The Hall–Kier alpha value is -2.99. The number of fused-ring (bicyclic) bond motifs is 1. The second-order valence-corrected chi connectivity index (χ2v) is 8.14. The smallest absolute Gasteiger partial charge is 0.255 e. The summed E-state index contributed by atoms with van der Waals surface area (Å²) < 4.78 is 1.72. The van der Waals surface area contributed by atoms with Crippen molar-refractivity contribution in [3.05, 3.63) is 111 Å². The minimum Gasteiger partial charge on any atom is -0.387 e. The molecule has 0 radical (unpaired) electrons. The number of aliphatic hydroxyl groups excluding tert-OH is 1. The molecule has 2 aromatic carbocycles. The van der Waals surface area contributed by atoms with Gasteiger partial charge >= 0.3 is 0 Å². The lowest BCUT2D eigenvalue weighted by Gasteiger charge is -2.21. The summed E-state index contributed by atoms with van der Waals surface area (Å²) in [5.74, 6) is 0. The minimum absolute atomic E-state index is 0.0820. The van der Waals surface area contributed by atoms with Crippen LogP contribution in [-0.4, -0.2) is 33.1 Å². The molecule has 1 N–H and O–H groups in total. The van der Waals surface area contributed by atoms with Crippen LogP contribution in [-0.2, 0) is 13.1 Å². The van der Waals surface area contributed by atoms with Gasteiger partial charge in [0.2, 0.25) is 0 Å². The Balaban J connectivity index is 1.65. The van der Waals surface area contributed by atoms with Gasteiger partial charge in [-0.25, -0.2) is 0 Å². The number of likely N-dealkylation sites (N-methyl/N-ethyl adjacent to an activating group) is 1. The predicted molar refractivity (Wildman–Crippen MR) is 124 cm³/mol. The molecule has 0 fully saturated rings. The molecular weight excluding hydrogens is 410 g/mol. The van der Waals surface area contributed by atoms with Gasteiger partial charge in [0.05, 0.1) is 23.9 Å². The number of pyridine rings is 2. The number of aromatic nitrogens is 2. The van der Waals surface area contributed by atoms with Crippen LogP contribution < -0.4 is 5.56 Å². The Morgan fingerprint density at radius 3 is 2.58 bits per heavy atom. The number of rotatable bonds is 7. The van der Waals surface area contributed by atoms with Crippen LogP contribution in [0.25, 0.3) is 10.9 Å². The van der Waals surface area contributed by atoms with Crippen LogP contribution >= 0.6 is 11.6 Å². The maximum absolute atomic E-state index is 13.4. The summed E-state index contributed by atoms with van der Waals surface area (Å²) in [6.07, 6.45) is 1.10. The fourth-order valence-electron chi connectivity index (χ4n) is 3.76. The van der Waals surface area contributed by atoms with Gasteiger partial charge in [0.25, 0.3) is 5.56 Å². The van der Waals surface area contributed by atoms with Crippen LogP contribution in [0.4, 0.5) is 0 Å². The van der Waals surface area contributed by atoms with Crippen molar-refractivity contribution in [3.63, 3.8) is 0 Å². The summed E-state index contributed by atoms with van der Waals surface area (Å²) in [4.78, 5) is 19.7. The molecule has 0 aliphatic heterocycles. The molecule has 6 heteroatoms. The van der Waals surface area contributed by atoms with Crippen LogP contribution in [0.5, 0.6) is 0 Å². The van der Waals surface area contributed by atoms with Crippen molar-refractivity contribution in [1.82, 2.24) is 14.5 Å². The van der Waals surface area contributed by atoms with Crippen LogP contribution in [0.3, 0.4) is 0 Å². The maximum atomic E-state index is 13.4. The highest BCUT2D eigenvalue weighted by atomic mass is 35.5. The summed E-state index contributed by atoms with van der Waals surface area (Å²) in [5, 5.41) is 12.1. The highest BCUT2D eigenvalue weighted by molar-refractivity contribution is 6.31. The quantitative estimate of drug-likeness (QED) is 0.473. The largest absolute Gasteiger partial charge is 0.387 e. The van der Waals surface area contributed by atoms with E-state index in [-0.39, 0.29) is 5.56 Å². The van der Waals surface area contributed by atoms with Crippen LogP contribution in [0.1, 0.15) is 22.9 Å². The van der Waals surface area contributed by atoms with Gasteiger partial charge in [-0.1, -0.05) is 54.1 Å². The average Bonchev–Trinajstić information content (AvgIpc) is 2.78. The van der Waals surface area contributed by atoms with E-state index < -0.39 is 6.10 Å². The van der Waals surface area contributed by atoms with Crippen LogP contribution in [0.2, 0.25) is 5.02 Å². The molecule has 0 saturated heterocycles. The lowest BCUT2D eigenvalue weighted by molar-refractivity contribution is 0.123. The Labute approximate surface area is 186 Å². The van der Waals surface area contributed by atoms with Gasteiger partial charge in [0, 0.05) is 29.9 Å². The lowest BCUT2D eigenvalue weighted by atomic mass is 10.1. The number of benzene rings is 2. The number of hydrogen-bond acceptors (Lipinski definition) is 4. The Morgan fingerprint density at radius 1 is 1.06 bits per heavy atom. The minimum atomic E-state index is -0.624. The first-order valence-electron chi connectivity index (χ1n) is 10.1. The first-order chi connectivity index (χ1) is 15.0. The SMILES string of the molecule is CN(Cc1cc2ccc(Cl)cc2n(Cc2ccccn2)c1=O)C[C@@H](O)c1ccccc1. The molecule has 0 spiro atoms. The van der Waals surface area contributed by atoms with E-state index in [1.165, 1.54) is 0 Å². The molecule has 31 heavy (non-hydrogen) atoms. The van der Waals surface area contributed by atoms with Crippen LogP contribution in [0.15, 0.2) is 83.8 Å². The molecule has 0 unspecified atom stereocenters. The molecule has 2 heterocycles. The number of nitrogens with zero attached hydrogens (tertiary/aromatic N) is 3. The second-order valence-electron chi connectivity index (χ2n) is 7.71. The summed E-state index contributed by atoms with van der Waals surface area (Å²) in [6, 6.07) is 22.7. The highest BCUT2D eigenvalue weighted by Crippen LogP contribution is 2.21. The van der Waals surface area contributed by atoms with E-state index in [9.17, 15) is 9.90 Å². The van der Waals surface area contributed by atoms with E-state index in [0.717, 1.165) is 22.2 Å². The number of hydrogen-bond donors (Lipinski definition) is 1. The summed E-state index contributed by atoms with van der Waals surface area (Å²) >= 11 is 6.22. The Kier molecular flexibility index (Phi) is 6.47. The van der Waals surface area contributed by atoms with Crippen molar-refractivity contribution in [1.29, 1.82) is 0 Å². The van der Waals surface area contributed by atoms with Gasteiger partial charge in [-0.05, 0) is 48.3 Å². The van der Waals surface area contributed by atoms with Crippen molar-refractivity contribution in [3.8, 4) is 0 Å². The van der Waals surface area contributed by atoms with E-state index >= 15 is 0 Å². The standard InChI is InChI=1S/C25H24ClN3O2/c1-28(17-24(30)18-7-3-2-4-8-18)15-20-13-19-10-11-21(26)14-23(19)29(25(20)31)16-22-9-5-6-12-27-22/h2-14,24,30H,15-17H2,1H3/t24-/m1/s1. The Morgan fingerprint density at radius 2 is 1.84 bits per heavy atom. The third-order valence-electron chi connectivity index (χ3n) is 5.29. The molecule has 0 saturated carbocycles. The van der Waals surface area contributed by atoms with Crippen molar-refractivity contribution in [2.75, 3.05) is 13.6 Å². The average molecular weight is 434 g/mol. The summed E-state index contributed by atoms with van der Waals surface area (Å²) in [5.41, 5.74) is 3.01. The third-order valence-corrected chi connectivity index (χ3v) is 5.52. The van der Waals surface area contributed by atoms with Crippen molar-refractivity contribution in [2.24, 2.45) is 0 Å². The molecule has 0 aliphatic carbocycles.